The SMILES string of the molecule is O=C(Cc1ccccc1F)NC1CCS(=O)(=O)C1. The maximum atomic E-state index is 13.3. The lowest BCUT2D eigenvalue weighted by Gasteiger charge is -2.10. The fourth-order valence-corrected chi connectivity index (χ4v) is 3.68. The average molecular weight is 271 g/mol. The molecule has 0 spiro atoms. The van der Waals surface area contributed by atoms with Gasteiger partial charge in [-0.05, 0) is 18.1 Å². The van der Waals surface area contributed by atoms with E-state index in [1.54, 1.807) is 18.2 Å². The molecule has 4 nitrogen and oxygen atoms in total. The fraction of sp³-hybridized carbons (Fsp3) is 0.417. The van der Waals surface area contributed by atoms with E-state index in [9.17, 15) is 17.6 Å². The summed E-state index contributed by atoms with van der Waals surface area (Å²) in [4.78, 5) is 11.7. The Balaban J connectivity index is 1.92. The standard InChI is InChI=1S/C12H14FNO3S/c13-11-4-2-1-3-9(11)7-12(15)14-10-5-6-18(16,17)8-10/h1-4,10H,5-8H2,(H,14,15). The number of rotatable bonds is 3. The molecule has 98 valence electrons. The zero-order chi connectivity index (χ0) is 13.2. The molecule has 0 aliphatic carbocycles. The number of nitrogens with one attached hydrogen (secondary N) is 1. The van der Waals surface area contributed by atoms with Crippen LogP contribution in [0.4, 0.5) is 4.39 Å². The summed E-state index contributed by atoms with van der Waals surface area (Å²) in [6, 6.07) is 5.71. The molecule has 1 heterocycles. The molecule has 2 rings (SSSR count). The summed E-state index contributed by atoms with van der Waals surface area (Å²) >= 11 is 0. The van der Waals surface area contributed by atoms with E-state index in [0.29, 0.717) is 12.0 Å². The highest BCUT2D eigenvalue weighted by Gasteiger charge is 2.28. The first-order valence-electron chi connectivity index (χ1n) is 5.69. The van der Waals surface area contributed by atoms with Gasteiger partial charge >= 0.3 is 0 Å². The highest BCUT2D eigenvalue weighted by Crippen LogP contribution is 2.12. The molecule has 1 aromatic carbocycles. The molecule has 18 heavy (non-hydrogen) atoms. The Morgan fingerprint density at radius 2 is 2.11 bits per heavy atom. The van der Waals surface area contributed by atoms with Gasteiger partial charge in [0.2, 0.25) is 5.91 Å². The van der Waals surface area contributed by atoms with Crippen LogP contribution in [0.5, 0.6) is 0 Å². The summed E-state index contributed by atoms with van der Waals surface area (Å²) < 4.78 is 35.8. The molecule has 0 bridgehead atoms. The van der Waals surface area contributed by atoms with Crippen LogP contribution in [0.1, 0.15) is 12.0 Å². The van der Waals surface area contributed by atoms with E-state index in [1.807, 2.05) is 0 Å². The van der Waals surface area contributed by atoms with Crippen LogP contribution in [0.2, 0.25) is 0 Å². The van der Waals surface area contributed by atoms with Crippen LogP contribution in [-0.2, 0) is 21.1 Å². The Kier molecular flexibility index (Phi) is 3.65. The zero-order valence-electron chi connectivity index (χ0n) is 9.73. The van der Waals surface area contributed by atoms with Crippen molar-refractivity contribution < 1.29 is 17.6 Å². The molecule has 1 unspecified atom stereocenters. The molecule has 1 atom stereocenters. The maximum absolute atomic E-state index is 13.3. The molecule has 1 aliphatic rings. The second-order valence-electron chi connectivity index (χ2n) is 4.44. The summed E-state index contributed by atoms with van der Waals surface area (Å²) in [5.74, 6) is -0.679. The first-order chi connectivity index (χ1) is 8.46. The minimum atomic E-state index is -3.01. The molecular weight excluding hydrogens is 257 g/mol. The summed E-state index contributed by atoms with van der Waals surface area (Å²) in [5, 5.41) is 2.63. The third-order valence-corrected chi connectivity index (χ3v) is 4.67. The summed E-state index contributed by atoms with van der Waals surface area (Å²) in [7, 11) is -3.01. The molecule has 0 aromatic heterocycles. The largest absolute Gasteiger partial charge is 0.352 e. The lowest BCUT2D eigenvalue weighted by molar-refractivity contribution is -0.121. The first kappa shape index (κ1) is 13.0. The van der Waals surface area contributed by atoms with Crippen LogP contribution in [0, 0.1) is 5.82 Å². The fourth-order valence-electron chi connectivity index (χ4n) is 2.00. The highest BCUT2D eigenvalue weighted by atomic mass is 32.2. The van der Waals surface area contributed by atoms with Crippen LogP contribution in [0.3, 0.4) is 0 Å². The first-order valence-corrected chi connectivity index (χ1v) is 7.51. The molecule has 0 saturated carbocycles. The topological polar surface area (TPSA) is 63.2 Å². The Bertz CT molecular complexity index is 556. The van der Waals surface area contributed by atoms with E-state index in [4.69, 9.17) is 0 Å². The van der Waals surface area contributed by atoms with Gasteiger partial charge in [0, 0.05) is 6.04 Å². The smallest absolute Gasteiger partial charge is 0.224 e. The van der Waals surface area contributed by atoms with Crippen LogP contribution >= 0.6 is 0 Å². The second kappa shape index (κ2) is 5.06. The third kappa shape index (κ3) is 3.29. The number of halogens is 1. The Morgan fingerprint density at radius 1 is 1.39 bits per heavy atom. The van der Waals surface area contributed by atoms with Gasteiger partial charge in [-0.2, -0.15) is 0 Å². The molecule has 0 radical (unpaired) electrons. The third-order valence-electron chi connectivity index (χ3n) is 2.91. The number of benzene rings is 1. The van der Waals surface area contributed by atoms with Crippen molar-refractivity contribution in [2.45, 2.75) is 18.9 Å². The maximum Gasteiger partial charge on any atom is 0.224 e. The van der Waals surface area contributed by atoms with Crippen molar-refractivity contribution in [3.8, 4) is 0 Å². The van der Waals surface area contributed by atoms with Gasteiger partial charge in [-0.25, -0.2) is 12.8 Å². The van der Waals surface area contributed by atoms with Crippen LogP contribution < -0.4 is 5.32 Å². The van der Waals surface area contributed by atoms with Gasteiger partial charge in [-0.15, -0.1) is 0 Å². The molecule has 1 aliphatic heterocycles. The molecule has 1 amide bonds. The Labute approximate surface area is 105 Å². The number of amides is 1. The van der Waals surface area contributed by atoms with Crippen molar-refractivity contribution in [3.63, 3.8) is 0 Å². The minimum Gasteiger partial charge on any atom is -0.352 e. The molecule has 1 fully saturated rings. The number of hydrogen-bond donors (Lipinski definition) is 1. The van der Waals surface area contributed by atoms with E-state index in [-0.39, 0.29) is 29.9 Å². The number of sulfone groups is 1. The van der Waals surface area contributed by atoms with Gasteiger partial charge < -0.3 is 5.32 Å². The zero-order valence-corrected chi connectivity index (χ0v) is 10.5. The van der Waals surface area contributed by atoms with Crippen molar-refractivity contribution in [3.05, 3.63) is 35.6 Å². The molecule has 1 aromatic rings. The van der Waals surface area contributed by atoms with Crippen LogP contribution in [0.15, 0.2) is 24.3 Å². The number of carbonyl (C=O) groups excluding carboxylic acids is 1. The minimum absolute atomic E-state index is 0.0178. The highest BCUT2D eigenvalue weighted by molar-refractivity contribution is 7.91. The summed E-state index contributed by atoms with van der Waals surface area (Å²) in [6.07, 6.45) is 0.370. The van der Waals surface area contributed by atoms with Gasteiger partial charge in [-0.1, -0.05) is 18.2 Å². The lowest BCUT2D eigenvalue weighted by Crippen LogP contribution is -2.36. The van der Waals surface area contributed by atoms with E-state index in [1.165, 1.54) is 6.07 Å². The monoisotopic (exact) mass is 271 g/mol. The Morgan fingerprint density at radius 3 is 2.72 bits per heavy atom. The van der Waals surface area contributed by atoms with Crippen molar-refractivity contribution in [1.29, 1.82) is 0 Å². The predicted molar refractivity (Wildman–Crippen MR) is 65.3 cm³/mol. The number of carbonyl (C=O) groups is 1. The number of hydrogen-bond acceptors (Lipinski definition) is 3. The second-order valence-corrected chi connectivity index (χ2v) is 6.66. The summed E-state index contributed by atoms with van der Waals surface area (Å²) in [6.45, 7) is 0. The normalized spacial score (nSPS) is 21.7. The van der Waals surface area contributed by atoms with Gasteiger partial charge in [0.25, 0.3) is 0 Å². The summed E-state index contributed by atoms with van der Waals surface area (Å²) in [5.41, 5.74) is 0.316. The van der Waals surface area contributed by atoms with Gasteiger partial charge in [0.1, 0.15) is 5.82 Å². The molecule has 6 heteroatoms. The lowest BCUT2D eigenvalue weighted by atomic mass is 10.1. The van der Waals surface area contributed by atoms with E-state index in [2.05, 4.69) is 5.32 Å². The average Bonchev–Trinajstić information content (AvgIpc) is 2.61. The van der Waals surface area contributed by atoms with Crippen LogP contribution in [0.25, 0.3) is 0 Å². The van der Waals surface area contributed by atoms with Gasteiger partial charge in [-0.3, -0.25) is 4.79 Å². The quantitative estimate of drug-likeness (QED) is 0.879. The van der Waals surface area contributed by atoms with E-state index < -0.39 is 15.7 Å². The van der Waals surface area contributed by atoms with Gasteiger partial charge in [0.05, 0.1) is 17.9 Å². The van der Waals surface area contributed by atoms with Crippen molar-refractivity contribution in [2.24, 2.45) is 0 Å². The van der Waals surface area contributed by atoms with Crippen molar-refractivity contribution in [1.82, 2.24) is 5.32 Å². The molecular formula is C12H14FNO3S. The van der Waals surface area contributed by atoms with Crippen LogP contribution in [-0.4, -0.2) is 31.9 Å². The van der Waals surface area contributed by atoms with Crippen molar-refractivity contribution >= 4 is 15.7 Å². The van der Waals surface area contributed by atoms with E-state index >= 15 is 0 Å². The van der Waals surface area contributed by atoms with E-state index in [0.717, 1.165) is 0 Å². The van der Waals surface area contributed by atoms with Crippen molar-refractivity contribution in [2.75, 3.05) is 11.5 Å². The van der Waals surface area contributed by atoms with Gasteiger partial charge in [0.15, 0.2) is 9.84 Å². The molecule has 1 N–H and O–H groups in total. The molecule has 1 saturated heterocycles. The predicted octanol–water partition coefficient (Wildman–Crippen LogP) is 0.671. The Hall–Kier alpha value is -1.43.